The first-order chi connectivity index (χ1) is 9.92. The van der Waals surface area contributed by atoms with E-state index < -0.39 is 10.0 Å². The molecule has 0 bridgehead atoms. The Labute approximate surface area is 129 Å². The summed E-state index contributed by atoms with van der Waals surface area (Å²) >= 11 is 5.89. The number of aryl methyl sites for hydroxylation is 1. The second kappa shape index (κ2) is 6.43. The summed E-state index contributed by atoms with van der Waals surface area (Å²) in [7, 11) is -1.91. The molecule has 0 amide bonds. The van der Waals surface area contributed by atoms with Gasteiger partial charge >= 0.3 is 0 Å². The van der Waals surface area contributed by atoms with Crippen LogP contribution in [0.3, 0.4) is 0 Å². The topological polar surface area (TPSA) is 71.1 Å². The van der Waals surface area contributed by atoms with E-state index in [9.17, 15) is 8.42 Å². The number of hydrogen-bond acceptors (Lipinski definition) is 4. The minimum absolute atomic E-state index is 0.0262. The van der Waals surface area contributed by atoms with Crippen LogP contribution in [0.4, 0.5) is 5.69 Å². The highest BCUT2D eigenvalue weighted by atomic mass is 35.5. The van der Waals surface area contributed by atoms with Crippen LogP contribution >= 0.6 is 11.6 Å². The highest BCUT2D eigenvalue weighted by molar-refractivity contribution is 7.92. The molecule has 21 heavy (non-hydrogen) atoms. The molecule has 0 radical (unpaired) electrons. The standard InChI is InChI=1S/C14H16ClN3O2S/c1-10-3-5-12(15)7-13(10)18-21(19,20)14-6-4-11(8-16-2)9-17-14/h3-7,9,16,18H,8H2,1-2H3. The van der Waals surface area contributed by atoms with Gasteiger partial charge in [-0.15, -0.1) is 0 Å². The maximum absolute atomic E-state index is 12.3. The van der Waals surface area contributed by atoms with Crippen molar-refractivity contribution in [2.45, 2.75) is 18.5 Å². The lowest BCUT2D eigenvalue weighted by Crippen LogP contribution is -2.15. The average Bonchev–Trinajstić information content (AvgIpc) is 2.44. The minimum atomic E-state index is -3.72. The summed E-state index contributed by atoms with van der Waals surface area (Å²) in [5.74, 6) is 0. The summed E-state index contributed by atoms with van der Waals surface area (Å²) in [6.45, 7) is 2.44. The van der Waals surface area contributed by atoms with Crippen molar-refractivity contribution in [1.29, 1.82) is 0 Å². The van der Waals surface area contributed by atoms with Crippen LogP contribution < -0.4 is 10.0 Å². The van der Waals surface area contributed by atoms with Gasteiger partial charge in [0, 0.05) is 17.8 Å². The summed E-state index contributed by atoms with van der Waals surface area (Å²) in [5, 5.41) is 3.42. The van der Waals surface area contributed by atoms with E-state index in [2.05, 4.69) is 15.0 Å². The Bertz CT molecular complexity index is 730. The van der Waals surface area contributed by atoms with Gasteiger partial charge in [-0.2, -0.15) is 8.42 Å². The molecular formula is C14H16ClN3O2S. The highest BCUT2D eigenvalue weighted by Crippen LogP contribution is 2.22. The first kappa shape index (κ1) is 15.8. The molecule has 2 N–H and O–H groups in total. The molecule has 0 unspecified atom stereocenters. The van der Waals surface area contributed by atoms with Crippen molar-refractivity contribution in [2.75, 3.05) is 11.8 Å². The second-order valence-electron chi connectivity index (χ2n) is 4.60. The molecule has 0 saturated carbocycles. The molecular weight excluding hydrogens is 310 g/mol. The molecule has 0 aliphatic rings. The molecule has 1 heterocycles. The Kier molecular flexibility index (Phi) is 4.82. The Balaban J connectivity index is 2.27. The predicted molar refractivity (Wildman–Crippen MR) is 84.0 cm³/mol. The second-order valence-corrected chi connectivity index (χ2v) is 6.67. The minimum Gasteiger partial charge on any atom is -0.316 e. The molecule has 0 spiro atoms. The van der Waals surface area contributed by atoms with Crippen LogP contribution in [0, 0.1) is 6.92 Å². The largest absolute Gasteiger partial charge is 0.316 e. The van der Waals surface area contributed by atoms with Gasteiger partial charge in [-0.05, 0) is 43.3 Å². The third kappa shape index (κ3) is 3.93. The van der Waals surface area contributed by atoms with Crippen molar-refractivity contribution < 1.29 is 8.42 Å². The lowest BCUT2D eigenvalue weighted by molar-refractivity contribution is 0.597. The number of pyridine rings is 1. The van der Waals surface area contributed by atoms with Crippen molar-refractivity contribution in [1.82, 2.24) is 10.3 Å². The van der Waals surface area contributed by atoms with E-state index in [1.54, 1.807) is 31.2 Å². The number of nitrogens with zero attached hydrogens (tertiary/aromatic N) is 1. The van der Waals surface area contributed by atoms with E-state index in [4.69, 9.17) is 11.6 Å². The van der Waals surface area contributed by atoms with Crippen LogP contribution in [0.5, 0.6) is 0 Å². The normalized spacial score (nSPS) is 11.4. The van der Waals surface area contributed by atoms with Gasteiger partial charge in [0.15, 0.2) is 5.03 Å². The van der Waals surface area contributed by atoms with Gasteiger partial charge in [-0.25, -0.2) is 4.98 Å². The Morgan fingerprint density at radius 2 is 2.00 bits per heavy atom. The molecule has 0 aliphatic heterocycles. The fourth-order valence-corrected chi connectivity index (χ4v) is 3.00. The molecule has 7 heteroatoms. The Morgan fingerprint density at radius 1 is 1.24 bits per heavy atom. The van der Waals surface area contributed by atoms with E-state index >= 15 is 0 Å². The van der Waals surface area contributed by atoms with Crippen LogP contribution in [-0.4, -0.2) is 20.4 Å². The summed E-state index contributed by atoms with van der Waals surface area (Å²) in [5.41, 5.74) is 2.15. The van der Waals surface area contributed by atoms with Crippen LogP contribution in [0.25, 0.3) is 0 Å². The van der Waals surface area contributed by atoms with Crippen LogP contribution in [0.1, 0.15) is 11.1 Å². The van der Waals surface area contributed by atoms with E-state index in [-0.39, 0.29) is 5.03 Å². The Hall–Kier alpha value is -1.63. The van der Waals surface area contributed by atoms with Crippen molar-refractivity contribution in [3.63, 3.8) is 0 Å². The van der Waals surface area contributed by atoms with Gasteiger partial charge < -0.3 is 5.32 Å². The molecule has 0 atom stereocenters. The summed E-state index contributed by atoms with van der Waals surface area (Å²) in [6.07, 6.45) is 1.54. The summed E-state index contributed by atoms with van der Waals surface area (Å²) < 4.78 is 27.1. The quantitative estimate of drug-likeness (QED) is 0.886. The maximum Gasteiger partial charge on any atom is 0.279 e. The third-order valence-electron chi connectivity index (χ3n) is 2.90. The summed E-state index contributed by atoms with van der Waals surface area (Å²) in [4.78, 5) is 3.99. The molecule has 0 aliphatic carbocycles. The smallest absolute Gasteiger partial charge is 0.279 e. The number of hydrogen-bond donors (Lipinski definition) is 2. The average molecular weight is 326 g/mol. The SMILES string of the molecule is CNCc1ccc(S(=O)(=O)Nc2cc(Cl)ccc2C)nc1. The summed E-state index contributed by atoms with van der Waals surface area (Å²) in [6, 6.07) is 8.24. The monoisotopic (exact) mass is 325 g/mol. The van der Waals surface area contributed by atoms with Gasteiger partial charge in [0.2, 0.25) is 0 Å². The van der Waals surface area contributed by atoms with Gasteiger partial charge in [0.25, 0.3) is 10.0 Å². The third-order valence-corrected chi connectivity index (χ3v) is 4.41. The van der Waals surface area contributed by atoms with Gasteiger partial charge in [-0.1, -0.05) is 23.7 Å². The number of nitrogens with one attached hydrogen (secondary N) is 2. The number of benzene rings is 1. The van der Waals surface area contributed by atoms with E-state index in [1.807, 2.05) is 7.05 Å². The molecule has 0 fully saturated rings. The van der Waals surface area contributed by atoms with Crippen molar-refractivity contribution >= 4 is 27.3 Å². The predicted octanol–water partition coefficient (Wildman–Crippen LogP) is 2.56. The van der Waals surface area contributed by atoms with E-state index in [0.717, 1.165) is 11.1 Å². The Morgan fingerprint density at radius 3 is 2.62 bits per heavy atom. The molecule has 5 nitrogen and oxygen atoms in total. The number of rotatable bonds is 5. The number of halogens is 1. The fraction of sp³-hybridized carbons (Fsp3) is 0.214. The first-order valence-corrected chi connectivity index (χ1v) is 8.17. The van der Waals surface area contributed by atoms with Crippen molar-refractivity contribution in [3.8, 4) is 0 Å². The zero-order valence-electron chi connectivity index (χ0n) is 11.7. The van der Waals surface area contributed by atoms with E-state index in [0.29, 0.717) is 17.3 Å². The number of anilines is 1. The van der Waals surface area contributed by atoms with Gasteiger partial charge in [0.05, 0.1) is 5.69 Å². The number of sulfonamides is 1. The van der Waals surface area contributed by atoms with Crippen LogP contribution in [-0.2, 0) is 16.6 Å². The molecule has 1 aromatic heterocycles. The van der Waals surface area contributed by atoms with Crippen LogP contribution in [0.2, 0.25) is 5.02 Å². The van der Waals surface area contributed by atoms with Gasteiger partial charge in [-0.3, -0.25) is 4.72 Å². The molecule has 0 saturated heterocycles. The molecule has 2 rings (SSSR count). The number of aromatic nitrogens is 1. The first-order valence-electron chi connectivity index (χ1n) is 6.31. The van der Waals surface area contributed by atoms with E-state index in [1.165, 1.54) is 12.3 Å². The van der Waals surface area contributed by atoms with Gasteiger partial charge in [0.1, 0.15) is 0 Å². The molecule has 2 aromatic rings. The zero-order valence-corrected chi connectivity index (χ0v) is 13.3. The maximum atomic E-state index is 12.3. The highest BCUT2D eigenvalue weighted by Gasteiger charge is 2.16. The van der Waals surface area contributed by atoms with Crippen LogP contribution in [0.15, 0.2) is 41.6 Å². The lowest BCUT2D eigenvalue weighted by atomic mass is 10.2. The lowest BCUT2D eigenvalue weighted by Gasteiger charge is -2.10. The molecule has 112 valence electrons. The van der Waals surface area contributed by atoms with Crippen molar-refractivity contribution in [3.05, 3.63) is 52.7 Å². The fourth-order valence-electron chi connectivity index (χ4n) is 1.78. The van der Waals surface area contributed by atoms with Crippen molar-refractivity contribution in [2.24, 2.45) is 0 Å². The molecule has 1 aromatic carbocycles. The zero-order chi connectivity index (χ0) is 15.5.